The number of anilines is 3. The van der Waals surface area contributed by atoms with E-state index in [9.17, 15) is 9.59 Å². The van der Waals surface area contributed by atoms with Gasteiger partial charge in [0.1, 0.15) is 0 Å². The smallest absolute Gasteiger partial charge is 0.323 e. The van der Waals surface area contributed by atoms with Crippen LogP contribution in [0.5, 0.6) is 0 Å². The Bertz CT molecular complexity index is 831. The van der Waals surface area contributed by atoms with Crippen LogP contribution in [-0.4, -0.2) is 32.6 Å². The highest BCUT2D eigenvalue weighted by molar-refractivity contribution is 6.04. The van der Waals surface area contributed by atoms with Crippen LogP contribution in [0, 0.1) is 5.92 Å². The summed E-state index contributed by atoms with van der Waals surface area (Å²) in [7, 11) is 3.77. The summed E-state index contributed by atoms with van der Waals surface area (Å²) < 4.78 is 0. The molecule has 2 rings (SSSR count). The van der Waals surface area contributed by atoms with Gasteiger partial charge in [0.2, 0.25) is 0 Å². The van der Waals surface area contributed by atoms with Crippen LogP contribution in [-0.2, 0) is 6.42 Å². The highest BCUT2D eigenvalue weighted by Crippen LogP contribution is 2.23. The summed E-state index contributed by atoms with van der Waals surface area (Å²) in [6.45, 7) is 6.75. The van der Waals surface area contributed by atoms with Gasteiger partial charge in [-0.1, -0.05) is 32.9 Å². The number of carbonyl (C=O) groups is 2. The molecular formula is C22H30N4O2. The molecule has 6 nitrogen and oxygen atoms in total. The van der Waals surface area contributed by atoms with Gasteiger partial charge in [-0.2, -0.15) is 0 Å². The lowest BCUT2D eigenvalue weighted by molar-refractivity contribution is 0.0949. The fourth-order valence-electron chi connectivity index (χ4n) is 2.74. The van der Waals surface area contributed by atoms with Crippen LogP contribution in [0.2, 0.25) is 0 Å². The molecule has 2 aromatic rings. The zero-order valence-electron chi connectivity index (χ0n) is 17.3. The third-order valence-electron chi connectivity index (χ3n) is 4.24. The number of carbonyl (C=O) groups excluding carboxylic acids is 2. The summed E-state index contributed by atoms with van der Waals surface area (Å²) in [5.41, 5.74) is 3.76. The molecule has 6 heteroatoms. The van der Waals surface area contributed by atoms with E-state index in [2.05, 4.69) is 22.9 Å². The third-order valence-corrected chi connectivity index (χ3v) is 4.24. The van der Waals surface area contributed by atoms with Crippen molar-refractivity contribution in [3.8, 4) is 0 Å². The van der Waals surface area contributed by atoms with Crippen LogP contribution in [0.3, 0.4) is 0 Å². The lowest BCUT2D eigenvalue weighted by atomic mass is 10.1. The first-order valence-corrected chi connectivity index (χ1v) is 9.56. The van der Waals surface area contributed by atoms with Gasteiger partial charge in [-0.05, 0) is 48.2 Å². The monoisotopic (exact) mass is 382 g/mol. The summed E-state index contributed by atoms with van der Waals surface area (Å²) in [6.07, 6.45) is 0.901. The minimum Gasteiger partial charge on any atom is -0.377 e. The molecule has 3 N–H and O–H groups in total. The van der Waals surface area contributed by atoms with Crippen molar-refractivity contribution in [3.05, 3.63) is 53.6 Å². The molecule has 0 bridgehead atoms. The number of benzene rings is 2. The van der Waals surface area contributed by atoms with E-state index in [0.717, 1.165) is 23.4 Å². The van der Waals surface area contributed by atoms with Gasteiger partial charge in [-0.25, -0.2) is 4.79 Å². The molecular weight excluding hydrogens is 352 g/mol. The summed E-state index contributed by atoms with van der Waals surface area (Å²) in [5.74, 6) is 0.204. The molecule has 0 radical (unpaired) electrons. The predicted molar refractivity (Wildman–Crippen MR) is 116 cm³/mol. The van der Waals surface area contributed by atoms with Gasteiger partial charge in [0.05, 0.1) is 5.56 Å². The molecule has 0 aliphatic rings. The molecule has 0 saturated carbocycles. The maximum atomic E-state index is 12.6. The van der Waals surface area contributed by atoms with Crippen LogP contribution in [0.25, 0.3) is 0 Å². The van der Waals surface area contributed by atoms with Crippen LogP contribution in [0.1, 0.15) is 36.7 Å². The number of aryl methyl sites for hydroxylation is 1. The Labute approximate surface area is 167 Å². The van der Waals surface area contributed by atoms with E-state index in [4.69, 9.17) is 0 Å². The summed E-state index contributed by atoms with van der Waals surface area (Å²) in [4.78, 5) is 26.9. The van der Waals surface area contributed by atoms with E-state index in [1.807, 2.05) is 63.2 Å². The van der Waals surface area contributed by atoms with Gasteiger partial charge in [-0.15, -0.1) is 0 Å². The average molecular weight is 383 g/mol. The van der Waals surface area contributed by atoms with Crippen molar-refractivity contribution in [2.75, 3.05) is 36.2 Å². The lowest BCUT2D eigenvalue weighted by Crippen LogP contribution is -2.29. The first-order chi connectivity index (χ1) is 13.3. The van der Waals surface area contributed by atoms with Crippen LogP contribution < -0.4 is 20.9 Å². The number of amides is 3. The molecule has 0 unspecified atom stereocenters. The van der Waals surface area contributed by atoms with E-state index < -0.39 is 0 Å². The van der Waals surface area contributed by atoms with Crippen molar-refractivity contribution in [1.29, 1.82) is 0 Å². The Morgan fingerprint density at radius 3 is 2.29 bits per heavy atom. The van der Waals surface area contributed by atoms with Crippen molar-refractivity contribution >= 4 is 29.0 Å². The van der Waals surface area contributed by atoms with Gasteiger partial charge >= 0.3 is 6.03 Å². The minimum atomic E-state index is -0.348. The Kier molecular flexibility index (Phi) is 7.44. The summed E-state index contributed by atoms with van der Waals surface area (Å²) >= 11 is 0. The number of nitrogens with zero attached hydrogens (tertiary/aromatic N) is 1. The van der Waals surface area contributed by atoms with Crippen molar-refractivity contribution in [1.82, 2.24) is 5.32 Å². The largest absolute Gasteiger partial charge is 0.377 e. The molecule has 0 aliphatic heterocycles. The number of urea groups is 1. The Morgan fingerprint density at radius 1 is 1.00 bits per heavy atom. The maximum absolute atomic E-state index is 12.6. The van der Waals surface area contributed by atoms with E-state index >= 15 is 0 Å². The third kappa shape index (κ3) is 6.01. The molecule has 0 spiro atoms. The second-order valence-electron chi connectivity index (χ2n) is 7.36. The van der Waals surface area contributed by atoms with Crippen molar-refractivity contribution in [2.24, 2.45) is 5.92 Å². The van der Waals surface area contributed by atoms with Gasteiger partial charge in [0, 0.05) is 37.7 Å². The van der Waals surface area contributed by atoms with Crippen LogP contribution in [0.4, 0.5) is 21.9 Å². The van der Waals surface area contributed by atoms with Crippen molar-refractivity contribution < 1.29 is 9.59 Å². The molecule has 28 heavy (non-hydrogen) atoms. The standard InChI is InChI=1S/C22H30N4O2/c1-6-16-8-7-9-17(12-16)24-22(28)25-18-10-11-20(26(4)5)19(13-18)21(27)23-14-15(2)3/h7-13,15H,6,14H2,1-5H3,(H,23,27)(H2,24,25,28). The van der Waals surface area contributed by atoms with E-state index in [1.165, 1.54) is 0 Å². The topological polar surface area (TPSA) is 73.5 Å². The number of hydrogen-bond donors (Lipinski definition) is 3. The summed E-state index contributed by atoms with van der Waals surface area (Å²) in [5, 5.41) is 8.57. The zero-order valence-corrected chi connectivity index (χ0v) is 17.3. The number of rotatable bonds is 7. The molecule has 0 atom stereocenters. The summed E-state index contributed by atoms with van der Waals surface area (Å²) in [6, 6.07) is 12.7. The fourth-order valence-corrected chi connectivity index (χ4v) is 2.74. The second kappa shape index (κ2) is 9.78. The highest BCUT2D eigenvalue weighted by atomic mass is 16.2. The lowest BCUT2D eigenvalue weighted by Gasteiger charge is -2.19. The molecule has 0 aromatic heterocycles. The minimum absolute atomic E-state index is 0.155. The second-order valence-corrected chi connectivity index (χ2v) is 7.36. The SMILES string of the molecule is CCc1cccc(NC(=O)Nc2ccc(N(C)C)c(C(=O)NCC(C)C)c2)c1. The number of nitrogens with one attached hydrogen (secondary N) is 3. The van der Waals surface area contributed by atoms with E-state index in [0.29, 0.717) is 23.7 Å². The molecule has 0 fully saturated rings. The molecule has 150 valence electrons. The normalized spacial score (nSPS) is 10.5. The molecule has 0 heterocycles. The Balaban J connectivity index is 2.15. The molecule has 2 aromatic carbocycles. The predicted octanol–water partition coefficient (Wildman–Crippen LogP) is 4.34. The quantitative estimate of drug-likeness (QED) is 0.667. The van der Waals surface area contributed by atoms with Gasteiger partial charge in [-0.3, -0.25) is 4.79 Å². The van der Waals surface area contributed by atoms with Crippen molar-refractivity contribution in [2.45, 2.75) is 27.2 Å². The average Bonchev–Trinajstić information content (AvgIpc) is 2.65. The van der Waals surface area contributed by atoms with Crippen LogP contribution in [0.15, 0.2) is 42.5 Å². The molecule has 3 amide bonds. The Morgan fingerprint density at radius 2 is 1.68 bits per heavy atom. The van der Waals surface area contributed by atoms with Crippen LogP contribution >= 0.6 is 0 Å². The first-order valence-electron chi connectivity index (χ1n) is 9.56. The Hall–Kier alpha value is -3.02. The van der Waals surface area contributed by atoms with E-state index in [1.54, 1.807) is 12.1 Å². The highest BCUT2D eigenvalue weighted by Gasteiger charge is 2.15. The zero-order chi connectivity index (χ0) is 20.7. The van der Waals surface area contributed by atoms with Gasteiger partial charge in [0.15, 0.2) is 0 Å². The maximum Gasteiger partial charge on any atom is 0.323 e. The number of hydrogen-bond acceptors (Lipinski definition) is 3. The van der Waals surface area contributed by atoms with Gasteiger partial charge < -0.3 is 20.9 Å². The van der Waals surface area contributed by atoms with Gasteiger partial charge in [0.25, 0.3) is 5.91 Å². The van der Waals surface area contributed by atoms with Crippen molar-refractivity contribution in [3.63, 3.8) is 0 Å². The first kappa shape index (κ1) is 21.3. The molecule has 0 aliphatic carbocycles. The molecule has 0 saturated heterocycles. The van der Waals surface area contributed by atoms with E-state index in [-0.39, 0.29) is 11.9 Å². The fraction of sp³-hybridized carbons (Fsp3) is 0.364.